The minimum atomic E-state index is -3.55. The summed E-state index contributed by atoms with van der Waals surface area (Å²) in [7, 11) is -1.89. The Morgan fingerprint density at radius 1 is 1.25 bits per heavy atom. The van der Waals surface area contributed by atoms with Crippen molar-refractivity contribution in [3.63, 3.8) is 0 Å². The van der Waals surface area contributed by atoms with Crippen LogP contribution in [-0.2, 0) is 19.6 Å². The highest BCUT2D eigenvalue weighted by atomic mass is 32.2. The summed E-state index contributed by atoms with van der Waals surface area (Å²) < 4.78 is 37.2. The molecule has 2 rings (SSSR count). The number of rotatable bonds is 7. The Morgan fingerprint density at radius 3 is 2.58 bits per heavy atom. The van der Waals surface area contributed by atoms with Gasteiger partial charge in [-0.3, -0.25) is 0 Å². The highest BCUT2D eigenvalue weighted by Crippen LogP contribution is 2.24. The Kier molecular flexibility index (Phi) is 6.59. The number of hydrogen-bond acceptors (Lipinski definition) is 5. The lowest BCUT2D eigenvalue weighted by Crippen LogP contribution is -2.32. The highest BCUT2D eigenvalue weighted by Gasteiger charge is 2.27. The number of benzene rings is 1. The van der Waals surface area contributed by atoms with Crippen molar-refractivity contribution in [2.45, 2.75) is 24.2 Å². The second-order valence-corrected chi connectivity index (χ2v) is 7.75. The quantitative estimate of drug-likeness (QED) is 0.796. The van der Waals surface area contributed by atoms with E-state index in [9.17, 15) is 13.2 Å². The van der Waals surface area contributed by atoms with Crippen LogP contribution in [0.15, 0.2) is 29.2 Å². The van der Waals surface area contributed by atoms with Crippen LogP contribution < -0.4 is 4.74 Å². The fourth-order valence-electron chi connectivity index (χ4n) is 2.78. The predicted molar refractivity (Wildman–Crippen MR) is 87.5 cm³/mol. The molecule has 1 fully saturated rings. The fraction of sp³-hybridized carbons (Fsp3) is 0.562. The van der Waals surface area contributed by atoms with Gasteiger partial charge in [0.15, 0.2) is 6.61 Å². The number of ether oxygens (including phenoxy) is 2. The van der Waals surface area contributed by atoms with Gasteiger partial charge < -0.3 is 14.6 Å². The molecule has 0 aromatic heterocycles. The van der Waals surface area contributed by atoms with Crippen molar-refractivity contribution >= 4 is 16.0 Å². The summed E-state index contributed by atoms with van der Waals surface area (Å²) in [5, 5.41) is 8.58. The largest absolute Gasteiger partial charge is 0.482 e. The summed E-state index contributed by atoms with van der Waals surface area (Å²) in [6.45, 7) is 1.18. The zero-order valence-corrected chi connectivity index (χ0v) is 14.5. The molecule has 134 valence electrons. The summed E-state index contributed by atoms with van der Waals surface area (Å²) in [5.74, 6) is -0.365. The fourth-order valence-corrected chi connectivity index (χ4v) is 4.28. The Hall–Kier alpha value is -1.64. The Balaban J connectivity index is 2.05. The standard InChI is InChI=1S/C16H23NO6S/c1-22-11-13-3-2-9-17(10-8-13)24(20,21)15-6-4-14(5-7-15)23-12-16(18)19/h4-7,13H,2-3,8-12H2,1H3,(H,18,19). The van der Waals surface area contributed by atoms with Crippen LogP contribution in [0.4, 0.5) is 0 Å². The van der Waals surface area contributed by atoms with Crippen molar-refractivity contribution in [2.24, 2.45) is 5.92 Å². The van der Waals surface area contributed by atoms with Crippen molar-refractivity contribution in [1.29, 1.82) is 0 Å². The third-order valence-electron chi connectivity index (χ3n) is 4.03. The second-order valence-electron chi connectivity index (χ2n) is 5.81. The molecule has 0 bridgehead atoms. The summed E-state index contributed by atoms with van der Waals surface area (Å²) in [6, 6.07) is 5.84. The first kappa shape index (κ1) is 18.7. The lowest BCUT2D eigenvalue weighted by atomic mass is 10.0. The van der Waals surface area contributed by atoms with E-state index < -0.39 is 22.6 Å². The second kappa shape index (κ2) is 8.46. The van der Waals surface area contributed by atoms with Gasteiger partial charge in [-0.25, -0.2) is 13.2 Å². The zero-order chi connectivity index (χ0) is 17.6. The molecule has 0 aliphatic carbocycles. The topological polar surface area (TPSA) is 93.1 Å². The maximum atomic E-state index is 12.7. The van der Waals surface area contributed by atoms with Crippen molar-refractivity contribution in [3.8, 4) is 5.75 Å². The van der Waals surface area contributed by atoms with E-state index >= 15 is 0 Å². The highest BCUT2D eigenvalue weighted by molar-refractivity contribution is 7.89. The lowest BCUT2D eigenvalue weighted by Gasteiger charge is -2.20. The maximum absolute atomic E-state index is 12.7. The Labute approximate surface area is 142 Å². The molecular formula is C16H23NO6S. The monoisotopic (exact) mass is 357 g/mol. The Bertz CT molecular complexity index is 643. The van der Waals surface area contributed by atoms with Gasteiger partial charge in [-0.1, -0.05) is 0 Å². The summed E-state index contributed by atoms with van der Waals surface area (Å²) in [5.41, 5.74) is 0. The first-order valence-corrected chi connectivity index (χ1v) is 9.31. The molecule has 1 atom stereocenters. The average molecular weight is 357 g/mol. The number of carbonyl (C=O) groups is 1. The van der Waals surface area contributed by atoms with Gasteiger partial charge in [-0.15, -0.1) is 0 Å². The molecule has 0 spiro atoms. The van der Waals surface area contributed by atoms with Crippen LogP contribution in [0.3, 0.4) is 0 Å². The van der Waals surface area contributed by atoms with E-state index in [2.05, 4.69) is 0 Å². The molecule has 1 aromatic rings. The molecule has 1 aliphatic rings. The van der Waals surface area contributed by atoms with Gasteiger partial charge in [0.25, 0.3) is 0 Å². The SMILES string of the molecule is COCC1CCCN(S(=O)(=O)c2ccc(OCC(=O)O)cc2)CC1. The number of aliphatic carboxylic acids is 1. The van der Waals surface area contributed by atoms with E-state index in [0.717, 1.165) is 19.3 Å². The molecule has 1 unspecified atom stereocenters. The van der Waals surface area contributed by atoms with E-state index in [0.29, 0.717) is 31.4 Å². The van der Waals surface area contributed by atoms with E-state index in [1.54, 1.807) is 7.11 Å². The molecule has 8 heteroatoms. The van der Waals surface area contributed by atoms with Crippen LogP contribution >= 0.6 is 0 Å². The maximum Gasteiger partial charge on any atom is 0.341 e. The van der Waals surface area contributed by atoms with Crippen LogP contribution in [-0.4, -0.2) is 57.2 Å². The molecule has 7 nitrogen and oxygen atoms in total. The minimum absolute atomic E-state index is 0.190. The van der Waals surface area contributed by atoms with Gasteiger partial charge in [-0.2, -0.15) is 4.31 Å². The van der Waals surface area contributed by atoms with Crippen LogP contribution in [0.1, 0.15) is 19.3 Å². The van der Waals surface area contributed by atoms with Crippen molar-refractivity contribution in [2.75, 3.05) is 33.4 Å². The van der Waals surface area contributed by atoms with Crippen LogP contribution in [0.5, 0.6) is 5.75 Å². The molecule has 0 amide bonds. The number of carboxylic acids is 1. The molecule has 24 heavy (non-hydrogen) atoms. The Morgan fingerprint density at radius 2 is 1.96 bits per heavy atom. The molecule has 1 heterocycles. The third kappa shape index (κ3) is 4.93. The number of nitrogens with zero attached hydrogens (tertiary/aromatic N) is 1. The van der Waals surface area contributed by atoms with Gasteiger partial charge in [0.05, 0.1) is 4.90 Å². The van der Waals surface area contributed by atoms with Gasteiger partial charge in [0, 0.05) is 26.8 Å². The molecule has 0 radical (unpaired) electrons. The summed E-state index contributed by atoms with van der Waals surface area (Å²) in [4.78, 5) is 10.7. The summed E-state index contributed by atoms with van der Waals surface area (Å²) >= 11 is 0. The molecular weight excluding hydrogens is 334 g/mol. The lowest BCUT2D eigenvalue weighted by molar-refractivity contribution is -0.139. The van der Waals surface area contributed by atoms with E-state index in [4.69, 9.17) is 14.6 Å². The normalized spacial score (nSPS) is 19.6. The number of carboxylic acid groups (broad SMARTS) is 1. The number of sulfonamides is 1. The van der Waals surface area contributed by atoms with Crippen LogP contribution in [0, 0.1) is 5.92 Å². The predicted octanol–water partition coefficient (Wildman–Crippen LogP) is 1.59. The minimum Gasteiger partial charge on any atom is -0.482 e. The number of methoxy groups -OCH3 is 1. The van der Waals surface area contributed by atoms with Gasteiger partial charge in [0.1, 0.15) is 5.75 Å². The molecule has 1 aromatic carbocycles. The molecule has 1 aliphatic heterocycles. The van der Waals surface area contributed by atoms with E-state index in [1.165, 1.54) is 28.6 Å². The van der Waals surface area contributed by atoms with Gasteiger partial charge >= 0.3 is 5.97 Å². The first-order valence-electron chi connectivity index (χ1n) is 7.87. The summed E-state index contributed by atoms with van der Waals surface area (Å²) in [6.07, 6.45) is 2.56. The number of hydrogen-bond donors (Lipinski definition) is 1. The zero-order valence-electron chi connectivity index (χ0n) is 13.7. The average Bonchev–Trinajstić information content (AvgIpc) is 2.80. The van der Waals surface area contributed by atoms with E-state index in [-0.39, 0.29) is 4.90 Å². The molecule has 1 saturated heterocycles. The first-order chi connectivity index (χ1) is 11.4. The third-order valence-corrected chi connectivity index (χ3v) is 5.95. The van der Waals surface area contributed by atoms with Gasteiger partial charge in [0.2, 0.25) is 10.0 Å². The van der Waals surface area contributed by atoms with Gasteiger partial charge in [-0.05, 0) is 49.4 Å². The molecule has 0 saturated carbocycles. The van der Waals surface area contributed by atoms with Crippen molar-refractivity contribution in [3.05, 3.63) is 24.3 Å². The van der Waals surface area contributed by atoms with Crippen molar-refractivity contribution in [1.82, 2.24) is 4.31 Å². The van der Waals surface area contributed by atoms with E-state index in [1.807, 2.05) is 0 Å². The van der Waals surface area contributed by atoms with Crippen molar-refractivity contribution < 1.29 is 27.8 Å². The van der Waals surface area contributed by atoms with Crippen LogP contribution in [0.2, 0.25) is 0 Å². The molecule has 1 N–H and O–H groups in total. The van der Waals surface area contributed by atoms with Crippen LogP contribution in [0.25, 0.3) is 0 Å². The smallest absolute Gasteiger partial charge is 0.341 e.